The fraction of sp³-hybridized carbons (Fsp3) is 0.467. The molecule has 0 saturated heterocycles. The van der Waals surface area contributed by atoms with Crippen LogP contribution >= 0.6 is 0 Å². The maximum absolute atomic E-state index is 12.0. The van der Waals surface area contributed by atoms with Crippen molar-refractivity contribution < 1.29 is 14.7 Å². The molecule has 1 aliphatic rings. The van der Waals surface area contributed by atoms with Crippen LogP contribution in [0.5, 0.6) is 0 Å². The van der Waals surface area contributed by atoms with Crippen LogP contribution in [0.4, 0.5) is 10.5 Å². The van der Waals surface area contributed by atoms with E-state index in [2.05, 4.69) is 17.6 Å². The summed E-state index contributed by atoms with van der Waals surface area (Å²) < 4.78 is 0. The van der Waals surface area contributed by atoms with E-state index in [-0.39, 0.29) is 17.6 Å². The molecular weight excluding hydrogens is 256 g/mol. The number of urea groups is 1. The zero-order valence-corrected chi connectivity index (χ0v) is 11.8. The second-order valence-corrected chi connectivity index (χ2v) is 5.45. The monoisotopic (exact) mass is 276 g/mol. The fourth-order valence-corrected chi connectivity index (χ4v) is 2.58. The highest BCUT2D eigenvalue weighted by Gasteiger charge is 2.24. The van der Waals surface area contributed by atoms with Crippen molar-refractivity contribution in [1.82, 2.24) is 5.32 Å². The topological polar surface area (TPSA) is 78.4 Å². The van der Waals surface area contributed by atoms with Crippen LogP contribution in [0, 0.1) is 12.8 Å². The first-order valence-electron chi connectivity index (χ1n) is 6.89. The van der Waals surface area contributed by atoms with Crippen molar-refractivity contribution in [2.75, 3.05) is 5.32 Å². The Balaban J connectivity index is 2.03. The molecule has 3 N–H and O–H groups in total. The van der Waals surface area contributed by atoms with Gasteiger partial charge in [0, 0.05) is 11.7 Å². The van der Waals surface area contributed by atoms with Crippen LogP contribution in [0.25, 0.3) is 0 Å². The summed E-state index contributed by atoms with van der Waals surface area (Å²) in [5, 5.41) is 14.7. The van der Waals surface area contributed by atoms with Crippen LogP contribution in [0.3, 0.4) is 0 Å². The molecule has 2 rings (SSSR count). The number of carbonyl (C=O) groups excluding carboxylic acids is 1. The van der Waals surface area contributed by atoms with Gasteiger partial charge in [-0.2, -0.15) is 0 Å². The molecule has 0 heterocycles. The van der Waals surface area contributed by atoms with Crippen molar-refractivity contribution in [3.05, 3.63) is 29.3 Å². The molecule has 1 aromatic rings. The van der Waals surface area contributed by atoms with E-state index in [4.69, 9.17) is 5.11 Å². The van der Waals surface area contributed by atoms with Gasteiger partial charge in [-0.25, -0.2) is 9.59 Å². The number of anilines is 1. The van der Waals surface area contributed by atoms with E-state index in [0.717, 1.165) is 24.8 Å². The average molecular weight is 276 g/mol. The van der Waals surface area contributed by atoms with Gasteiger partial charge in [0.2, 0.25) is 0 Å². The molecular formula is C15H20N2O3. The third-order valence-corrected chi connectivity index (χ3v) is 3.91. The number of nitrogens with one attached hydrogen (secondary N) is 2. The predicted molar refractivity (Wildman–Crippen MR) is 77.1 cm³/mol. The third-order valence-electron chi connectivity index (χ3n) is 3.91. The Kier molecular flexibility index (Phi) is 4.27. The number of aromatic carboxylic acids is 1. The summed E-state index contributed by atoms with van der Waals surface area (Å²) in [4.78, 5) is 22.9. The Morgan fingerprint density at radius 3 is 2.65 bits per heavy atom. The van der Waals surface area contributed by atoms with Gasteiger partial charge < -0.3 is 15.7 Å². The number of hydrogen-bond acceptors (Lipinski definition) is 2. The first-order chi connectivity index (χ1) is 9.47. The summed E-state index contributed by atoms with van der Waals surface area (Å²) in [6.07, 6.45) is 3.28. The van der Waals surface area contributed by atoms with Crippen molar-refractivity contribution in [3.63, 3.8) is 0 Å². The Bertz CT molecular complexity index is 528. The molecule has 2 unspecified atom stereocenters. The minimum absolute atomic E-state index is 0.167. The van der Waals surface area contributed by atoms with Gasteiger partial charge >= 0.3 is 12.0 Å². The number of amides is 2. The highest BCUT2D eigenvalue weighted by molar-refractivity contribution is 5.94. The number of benzene rings is 1. The molecule has 1 fully saturated rings. The number of carboxylic acids is 1. The lowest BCUT2D eigenvalue weighted by Crippen LogP contribution is -2.39. The van der Waals surface area contributed by atoms with Gasteiger partial charge in [0.15, 0.2) is 0 Å². The van der Waals surface area contributed by atoms with E-state index >= 15 is 0 Å². The van der Waals surface area contributed by atoms with Crippen molar-refractivity contribution >= 4 is 17.7 Å². The highest BCUT2D eigenvalue weighted by Crippen LogP contribution is 2.25. The maximum atomic E-state index is 12.0. The maximum Gasteiger partial charge on any atom is 0.335 e. The molecule has 0 spiro atoms. The molecule has 20 heavy (non-hydrogen) atoms. The summed E-state index contributed by atoms with van der Waals surface area (Å²) in [7, 11) is 0. The summed E-state index contributed by atoms with van der Waals surface area (Å²) in [5.41, 5.74) is 1.54. The lowest BCUT2D eigenvalue weighted by molar-refractivity contribution is 0.0697. The summed E-state index contributed by atoms with van der Waals surface area (Å²) in [5.74, 6) is -0.509. The molecule has 2 atom stereocenters. The second kappa shape index (κ2) is 5.94. The zero-order valence-electron chi connectivity index (χ0n) is 11.8. The average Bonchev–Trinajstić information content (AvgIpc) is 2.77. The van der Waals surface area contributed by atoms with Gasteiger partial charge in [-0.05, 0) is 43.4 Å². The van der Waals surface area contributed by atoms with Crippen LogP contribution < -0.4 is 10.6 Å². The van der Waals surface area contributed by atoms with Crippen molar-refractivity contribution in [2.24, 2.45) is 5.92 Å². The molecule has 1 aliphatic carbocycles. The van der Waals surface area contributed by atoms with E-state index in [0.29, 0.717) is 11.6 Å². The zero-order chi connectivity index (χ0) is 14.7. The van der Waals surface area contributed by atoms with E-state index in [1.54, 1.807) is 6.07 Å². The molecule has 0 radical (unpaired) electrons. The molecule has 5 heteroatoms. The fourth-order valence-electron chi connectivity index (χ4n) is 2.58. The van der Waals surface area contributed by atoms with Crippen LogP contribution in [0.2, 0.25) is 0 Å². The van der Waals surface area contributed by atoms with Gasteiger partial charge in [-0.1, -0.05) is 19.4 Å². The summed E-state index contributed by atoms with van der Waals surface area (Å²) in [6.45, 7) is 3.97. The largest absolute Gasteiger partial charge is 0.478 e. The molecule has 108 valence electrons. The second-order valence-electron chi connectivity index (χ2n) is 5.45. The molecule has 5 nitrogen and oxygen atoms in total. The number of aryl methyl sites for hydroxylation is 1. The molecule has 1 aromatic carbocycles. The van der Waals surface area contributed by atoms with Crippen molar-refractivity contribution in [1.29, 1.82) is 0 Å². The minimum atomic E-state index is -1.00. The highest BCUT2D eigenvalue weighted by atomic mass is 16.4. The molecule has 0 aromatic heterocycles. The van der Waals surface area contributed by atoms with E-state index in [1.807, 2.05) is 6.92 Å². The Morgan fingerprint density at radius 1 is 1.30 bits per heavy atom. The normalized spacial score (nSPS) is 21.5. The summed E-state index contributed by atoms with van der Waals surface area (Å²) >= 11 is 0. The SMILES string of the molecule is Cc1ccc(C(=O)O)cc1NC(=O)NC1CCCC1C. The Hall–Kier alpha value is -2.04. The van der Waals surface area contributed by atoms with Crippen LogP contribution in [-0.4, -0.2) is 23.1 Å². The van der Waals surface area contributed by atoms with Crippen molar-refractivity contribution in [2.45, 2.75) is 39.2 Å². The third kappa shape index (κ3) is 3.29. The number of hydrogen-bond donors (Lipinski definition) is 3. The molecule has 1 saturated carbocycles. The van der Waals surface area contributed by atoms with E-state index < -0.39 is 5.97 Å². The molecule has 2 amide bonds. The Labute approximate surface area is 118 Å². The first kappa shape index (κ1) is 14.4. The lowest BCUT2D eigenvalue weighted by Gasteiger charge is -2.18. The number of carboxylic acid groups (broad SMARTS) is 1. The Morgan fingerprint density at radius 2 is 2.05 bits per heavy atom. The van der Waals surface area contributed by atoms with Gasteiger partial charge in [0.25, 0.3) is 0 Å². The quantitative estimate of drug-likeness (QED) is 0.794. The lowest BCUT2D eigenvalue weighted by atomic mass is 10.1. The minimum Gasteiger partial charge on any atom is -0.478 e. The molecule has 0 bridgehead atoms. The first-order valence-corrected chi connectivity index (χ1v) is 6.89. The molecule has 0 aliphatic heterocycles. The van der Waals surface area contributed by atoms with Crippen LogP contribution in [0.1, 0.15) is 42.1 Å². The van der Waals surface area contributed by atoms with Gasteiger partial charge in [0.05, 0.1) is 5.56 Å². The van der Waals surface area contributed by atoms with Gasteiger partial charge in [0.1, 0.15) is 0 Å². The number of carbonyl (C=O) groups is 2. The number of rotatable bonds is 3. The van der Waals surface area contributed by atoms with E-state index in [1.165, 1.54) is 12.1 Å². The van der Waals surface area contributed by atoms with Gasteiger partial charge in [-0.15, -0.1) is 0 Å². The van der Waals surface area contributed by atoms with Crippen LogP contribution in [0.15, 0.2) is 18.2 Å². The van der Waals surface area contributed by atoms with Crippen LogP contribution in [-0.2, 0) is 0 Å². The van der Waals surface area contributed by atoms with E-state index in [9.17, 15) is 9.59 Å². The van der Waals surface area contributed by atoms with Crippen molar-refractivity contribution in [3.8, 4) is 0 Å². The standard InChI is InChI=1S/C15H20N2O3/c1-9-4-3-5-12(9)16-15(20)17-13-8-11(14(18)19)7-6-10(13)2/h6-9,12H,3-5H2,1-2H3,(H,18,19)(H2,16,17,20). The summed E-state index contributed by atoms with van der Waals surface area (Å²) in [6, 6.07) is 4.64. The predicted octanol–water partition coefficient (Wildman–Crippen LogP) is 3.00. The van der Waals surface area contributed by atoms with Gasteiger partial charge in [-0.3, -0.25) is 0 Å². The smallest absolute Gasteiger partial charge is 0.335 e.